The van der Waals surface area contributed by atoms with Crippen molar-refractivity contribution in [2.24, 2.45) is 5.92 Å². The molecule has 0 aromatic heterocycles. The van der Waals surface area contributed by atoms with E-state index in [4.69, 9.17) is 32.7 Å². The predicted molar refractivity (Wildman–Crippen MR) is 142 cm³/mol. The molecule has 1 fully saturated rings. The first-order valence-corrected chi connectivity index (χ1v) is 12.4. The van der Waals surface area contributed by atoms with Gasteiger partial charge in [0.1, 0.15) is 6.61 Å². The Bertz CT molecular complexity index is 1250. The largest absolute Gasteiger partial charge is 0.490 e. The zero-order valence-electron chi connectivity index (χ0n) is 20.0. The van der Waals surface area contributed by atoms with Gasteiger partial charge in [0.15, 0.2) is 11.5 Å². The highest BCUT2D eigenvalue weighted by atomic mass is 35.5. The minimum absolute atomic E-state index is 0.0684. The quantitative estimate of drug-likeness (QED) is 0.345. The maximum absolute atomic E-state index is 12.8. The lowest BCUT2D eigenvalue weighted by Gasteiger charge is -2.18. The van der Waals surface area contributed by atoms with Crippen LogP contribution in [0.2, 0.25) is 10.0 Å². The van der Waals surface area contributed by atoms with E-state index in [9.17, 15) is 9.59 Å². The third-order valence-corrected chi connectivity index (χ3v) is 6.53. The summed E-state index contributed by atoms with van der Waals surface area (Å²) < 4.78 is 11.6. The lowest BCUT2D eigenvalue weighted by atomic mass is 10.1. The molecule has 3 aromatic rings. The average Bonchev–Trinajstić information content (AvgIpc) is 3.26. The molecule has 188 valence electrons. The van der Waals surface area contributed by atoms with Crippen molar-refractivity contribution in [1.29, 1.82) is 0 Å². The molecule has 1 atom stereocenters. The van der Waals surface area contributed by atoms with Crippen molar-refractivity contribution >= 4 is 46.4 Å². The maximum atomic E-state index is 12.8. The van der Waals surface area contributed by atoms with E-state index in [1.807, 2.05) is 44.2 Å². The molecule has 9 heteroatoms. The van der Waals surface area contributed by atoms with Crippen LogP contribution >= 0.6 is 23.2 Å². The molecule has 4 rings (SSSR count). The van der Waals surface area contributed by atoms with E-state index in [0.717, 1.165) is 16.8 Å². The number of benzene rings is 3. The van der Waals surface area contributed by atoms with Crippen LogP contribution in [0.5, 0.6) is 11.5 Å². The summed E-state index contributed by atoms with van der Waals surface area (Å²) in [4.78, 5) is 26.9. The van der Waals surface area contributed by atoms with E-state index < -0.39 is 5.92 Å². The van der Waals surface area contributed by atoms with Gasteiger partial charge in [0.05, 0.1) is 28.3 Å². The first kappa shape index (κ1) is 25.7. The number of hydrogen-bond acceptors (Lipinski definition) is 5. The average molecular weight is 528 g/mol. The Morgan fingerprint density at radius 3 is 2.50 bits per heavy atom. The fourth-order valence-electron chi connectivity index (χ4n) is 3.86. The summed E-state index contributed by atoms with van der Waals surface area (Å²) in [7, 11) is 0. The number of halogens is 2. The monoisotopic (exact) mass is 527 g/mol. The highest BCUT2D eigenvalue weighted by Crippen LogP contribution is 2.32. The van der Waals surface area contributed by atoms with Crippen LogP contribution in [0, 0.1) is 12.8 Å². The first-order valence-electron chi connectivity index (χ1n) is 11.6. The van der Waals surface area contributed by atoms with E-state index in [2.05, 4.69) is 10.9 Å². The molecule has 0 aliphatic carbocycles. The molecular formula is C27H27Cl2N3O4. The van der Waals surface area contributed by atoms with Gasteiger partial charge in [-0.3, -0.25) is 20.4 Å². The molecule has 1 heterocycles. The van der Waals surface area contributed by atoms with E-state index in [1.165, 1.54) is 0 Å². The molecule has 1 aliphatic heterocycles. The van der Waals surface area contributed by atoms with Crippen molar-refractivity contribution in [3.05, 3.63) is 81.8 Å². The number of hydrogen-bond donors (Lipinski definition) is 2. The van der Waals surface area contributed by atoms with Gasteiger partial charge in [0.25, 0.3) is 0 Å². The number of hydrazine groups is 1. The number of nitrogens with zero attached hydrogens (tertiary/aromatic N) is 1. The fraction of sp³-hybridized carbons (Fsp3) is 0.259. The number of ether oxygens (including phenoxy) is 2. The van der Waals surface area contributed by atoms with Crippen molar-refractivity contribution in [3.63, 3.8) is 0 Å². The van der Waals surface area contributed by atoms with Crippen molar-refractivity contribution in [2.45, 2.75) is 26.9 Å². The fourth-order valence-corrected chi connectivity index (χ4v) is 4.18. The van der Waals surface area contributed by atoms with Gasteiger partial charge in [-0.15, -0.1) is 0 Å². The Kier molecular flexibility index (Phi) is 8.23. The van der Waals surface area contributed by atoms with Crippen molar-refractivity contribution in [2.75, 3.05) is 23.5 Å². The molecule has 36 heavy (non-hydrogen) atoms. The van der Waals surface area contributed by atoms with E-state index in [0.29, 0.717) is 40.4 Å². The van der Waals surface area contributed by atoms with Crippen LogP contribution in [0.3, 0.4) is 0 Å². The van der Waals surface area contributed by atoms with Gasteiger partial charge in [-0.2, -0.15) is 0 Å². The summed E-state index contributed by atoms with van der Waals surface area (Å²) in [6, 6.07) is 18.3. The van der Waals surface area contributed by atoms with Gasteiger partial charge < -0.3 is 14.4 Å². The number of carbonyl (C=O) groups excluding carboxylic acids is 2. The second-order valence-electron chi connectivity index (χ2n) is 8.49. The van der Waals surface area contributed by atoms with Crippen LogP contribution < -0.4 is 25.2 Å². The summed E-state index contributed by atoms with van der Waals surface area (Å²) in [6.07, 6.45) is 0.160. The predicted octanol–water partition coefficient (Wildman–Crippen LogP) is 5.78. The van der Waals surface area contributed by atoms with Gasteiger partial charge in [-0.1, -0.05) is 47.0 Å². The van der Waals surface area contributed by atoms with Crippen LogP contribution in [0.4, 0.5) is 11.4 Å². The molecule has 0 unspecified atom stereocenters. The molecule has 1 saturated heterocycles. The second-order valence-corrected chi connectivity index (χ2v) is 9.30. The number of rotatable bonds is 9. The van der Waals surface area contributed by atoms with Crippen LogP contribution in [0.1, 0.15) is 24.5 Å². The van der Waals surface area contributed by atoms with Crippen LogP contribution in [-0.4, -0.2) is 25.0 Å². The van der Waals surface area contributed by atoms with Gasteiger partial charge >= 0.3 is 0 Å². The topological polar surface area (TPSA) is 79.9 Å². The molecule has 7 nitrogen and oxygen atoms in total. The Morgan fingerprint density at radius 2 is 1.78 bits per heavy atom. The van der Waals surface area contributed by atoms with Gasteiger partial charge in [-0.25, -0.2) is 0 Å². The van der Waals surface area contributed by atoms with Crippen molar-refractivity contribution in [1.82, 2.24) is 5.43 Å². The summed E-state index contributed by atoms with van der Waals surface area (Å²) in [5.41, 5.74) is 9.02. The molecule has 2 N–H and O–H groups in total. The molecule has 0 radical (unpaired) electrons. The van der Waals surface area contributed by atoms with Gasteiger partial charge in [0, 0.05) is 24.7 Å². The first-order chi connectivity index (χ1) is 17.3. The number of anilines is 2. The maximum Gasteiger partial charge on any atom is 0.243 e. The van der Waals surface area contributed by atoms with Crippen LogP contribution in [-0.2, 0) is 16.2 Å². The Morgan fingerprint density at radius 1 is 1.00 bits per heavy atom. The minimum atomic E-state index is -0.452. The molecular weight excluding hydrogens is 501 g/mol. The van der Waals surface area contributed by atoms with Crippen LogP contribution in [0.15, 0.2) is 60.7 Å². The molecule has 0 bridgehead atoms. The molecule has 3 aromatic carbocycles. The smallest absolute Gasteiger partial charge is 0.243 e. The standard InChI is InChI=1S/C27H27Cl2N3O4/c1-3-35-25-14-20(7-11-24(25)36-16-18-6-10-22(28)23(29)12-18)30-31-27(34)19-13-26(33)32(15-19)21-8-4-17(2)5-9-21/h4-12,14,19,30H,3,13,15-16H2,1-2H3,(H,31,34)/t19-/m1/s1. The number of amides is 2. The normalized spacial score (nSPS) is 15.1. The van der Waals surface area contributed by atoms with Crippen LogP contribution in [0.25, 0.3) is 0 Å². The second kappa shape index (κ2) is 11.5. The Labute approximate surface area is 220 Å². The zero-order valence-corrected chi connectivity index (χ0v) is 21.5. The van der Waals surface area contributed by atoms with Gasteiger partial charge in [0.2, 0.25) is 11.8 Å². The highest BCUT2D eigenvalue weighted by molar-refractivity contribution is 6.42. The molecule has 1 aliphatic rings. The SMILES string of the molecule is CCOc1cc(NNC(=O)[C@@H]2CC(=O)N(c3ccc(C)cc3)C2)ccc1OCc1ccc(Cl)c(Cl)c1. The van der Waals surface area contributed by atoms with E-state index in [-0.39, 0.29) is 24.8 Å². The number of aryl methyl sites for hydroxylation is 1. The summed E-state index contributed by atoms with van der Waals surface area (Å²) in [6.45, 7) is 4.93. The van der Waals surface area contributed by atoms with Gasteiger partial charge in [-0.05, 0) is 55.8 Å². The highest BCUT2D eigenvalue weighted by Gasteiger charge is 2.35. The molecule has 0 saturated carbocycles. The zero-order chi connectivity index (χ0) is 25.7. The van der Waals surface area contributed by atoms with E-state index in [1.54, 1.807) is 35.2 Å². The molecule has 0 spiro atoms. The van der Waals surface area contributed by atoms with Crippen molar-refractivity contribution < 1.29 is 19.1 Å². The van der Waals surface area contributed by atoms with Crippen molar-refractivity contribution in [3.8, 4) is 11.5 Å². The Hall–Kier alpha value is -3.42. The summed E-state index contributed by atoms with van der Waals surface area (Å²) in [5.74, 6) is 0.303. The Balaban J connectivity index is 1.35. The van der Waals surface area contributed by atoms with E-state index >= 15 is 0 Å². The summed E-state index contributed by atoms with van der Waals surface area (Å²) in [5, 5.41) is 0.946. The number of carbonyl (C=O) groups is 2. The number of nitrogens with one attached hydrogen (secondary N) is 2. The third-order valence-electron chi connectivity index (χ3n) is 5.79. The minimum Gasteiger partial charge on any atom is -0.490 e. The lowest BCUT2D eigenvalue weighted by Crippen LogP contribution is -2.36. The third kappa shape index (κ3) is 6.22. The molecule has 2 amide bonds. The lowest BCUT2D eigenvalue weighted by molar-refractivity contribution is -0.125. The summed E-state index contributed by atoms with van der Waals surface area (Å²) >= 11 is 12.1.